The Labute approximate surface area is 147 Å². The lowest BCUT2D eigenvalue weighted by Crippen LogP contribution is -2.50. The van der Waals surface area contributed by atoms with Crippen LogP contribution in [0.2, 0.25) is 0 Å². The van der Waals surface area contributed by atoms with Crippen molar-refractivity contribution in [1.82, 2.24) is 15.5 Å². The highest BCUT2D eigenvalue weighted by Gasteiger charge is 2.24. The maximum atomic E-state index is 12.4. The molecule has 0 aliphatic carbocycles. The average Bonchev–Trinajstić information content (AvgIpc) is 3.11. The molecule has 1 unspecified atom stereocenters. The molecule has 1 aromatic heterocycles. The molecule has 1 aliphatic rings. The Bertz CT molecular complexity index is 513. The predicted molar refractivity (Wildman–Crippen MR) is 95.3 cm³/mol. The third-order valence-electron chi connectivity index (χ3n) is 4.03. The molecule has 2 heterocycles. The van der Waals surface area contributed by atoms with Crippen LogP contribution in [0.3, 0.4) is 0 Å². The molecule has 0 radical (unpaired) electrons. The molecule has 24 heavy (non-hydrogen) atoms. The van der Waals surface area contributed by atoms with Crippen LogP contribution < -0.4 is 10.6 Å². The quantitative estimate of drug-likeness (QED) is 0.692. The number of carbonyl (C=O) groups is 2. The standard InChI is InChI=1S/C17H27N3O3S/c1-13(2)15(19-16(21)14-5-3-12-24-14)17(22)18-6-4-7-20-8-10-23-11-9-20/h3,5,12-13,15H,4,6-11H2,1-2H3,(H,18,22)(H,19,21). The van der Waals surface area contributed by atoms with Crippen molar-refractivity contribution in [2.45, 2.75) is 26.3 Å². The van der Waals surface area contributed by atoms with Crippen molar-refractivity contribution in [3.63, 3.8) is 0 Å². The van der Waals surface area contributed by atoms with Gasteiger partial charge in [-0.2, -0.15) is 0 Å². The lowest BCUT2D eigenvalue weighted by molar-refractivity contribution is -0.123. The van der Waals surface area contributed by atoms with Gasteiger partial charge in [0.05, 0.1) is 18.1 Å². The number of nitrogens with one attached hydrogen (secondary N) is 2. The second-order valence-corrected chi connectivity index (χ2v) is 7.22. The van der Waals surface area contributed by atoms with E-state index in [2.05, 4.69) is 15.5 Å². The lowest BCUT2D eigenvalue weighted by Gasteiger charge is -2.26. The van der Waals surface area contributed by atoms with Gasteiger partial charge in [-0.05, 0) is 30.3 Å². The minimum atomic E-state index is -0.511. The minimum Gasteiger partial charge on any atom is -0.379 e. The zero-order valence-electron chi connectivity index (χ0n) is 14.4. The first-order valence-corrected chi connectivity index (χ1v) is 9.38. The fourth-order valence-electron chi connectivity index (χ4n) is 2.60. The number of rotatable bonds is 8. The molecule has 0 saturated carbocycles. The van der Waals surface area contributed by atoms with Crippen LogP contribution in [0.1, 0.15) is 29.9 Å². The number of nitrogens with zero attached hydrogens (tertiary/aromatic N) is 1. The summed E-state index contributed by atoms with van der Waals surface area (Å²) in [6.45, 7) is 8.94. The van der Waals surface area contributed by atoms with Gasteiger partial charge in [0.1, 0.15) is 6.04 Å². The van der Waals surface area contributed by atoms with Crippen molar-refractivity contribution in [1.29, 1.82) is 0 Å². The van der Waals surface area contributed by atoms with E-state index in [-0.39, 0.29) is 17.7 Å². The third-order valence-corrected chi connectivity index (χ3v) is 4.90. The molecular formula is C17H27N3O3S. The lowest BCUT2D eigenvalue weighted by atomic mass is 10.0. The van der Waals surface area contributed by atoms with E-state index in [9.17, 15) is 9.59 Å². The highest BCUT2D eigenvalue weighted by Crippen LogP contribution is 2.10. The van der Waals surface area contributed by atoms with Gasteiger partial charge >= 0.3 is 0 Å². The van der Waals surface area contributed by atoms with Crippen molar-refractivity contribution in [2.24, 2.45) is 5.92 Å². The smallest absolute Gasteiger partial charge is 0.262 e. The van der Waals surface area contributed by atoms with Gasteiger partial charge < -0.3 is 15.4 Å². The number of hydrogen-bond donors (Lipinski definition) is 2. The summed E-state index contributed by atoms with van der Waals surface area (Å²) in [7, 11) is 0. The van der Waals surface area contributed by atoms with Crippen LogP contribution >= 0.6 is 11.3 Å². The number of amides is 2. The Hall–Kier alpha value is -1.44. The molecule has 7 heteroatoms. The van der Waals surface area contributed by atoms with Crippen LogP contribution in [0.15, 0.2) is 17.5 Å². The summed E-state index contributed by atoms with van der Waals surface area (Å²) in [4.78, 5) is 27.5. The van der Waals surface area contributed by atoms with E-state index >= 15 is 0 Å². The van der Waals surface area contributed by atoms with Crippen LogP contribution in [-0.4, -0.2) is 62.1 Å². The Morgan fingerprint density at radius 2 is 2.08 bits per heavy atom. The molecule has 2 N–H and O–H groups in total. The Balaban J connectivity index is 1.73. The van der Waals surface area contributed by atoms with Crippen molar-refractivity contribution < 1.29 is 14.3 Å². The van der Waals surface area contributed by atoms with Gasteiger partial charge in [0, 0.05) is 19.6 Å². The van der Waals surface area contributed by atoms with E-state index in [0.717, 1.165) is 39.3 Å². The van der Waals surface area contributed by atoms with Crippen molar-refractivity contribution in [3.05, 3.63) is 22.4 Å². The molecule has 1 aliphatic heterocycles. The molecule has 1 saturated heterocycles. The van der Waals surface area contributed by atoms with E-state index in [1.54, 1.807) is 6.07 Å². The van der Waals surface area contributed by atoms with Gasteiger partial charge in [0.25, 0.3) is 5.91 Å². The van der Waals surface area contributed by atoms with Gasteiger partial charge in [-0.25, -0.2) is 0 Å². The summed E-state index contributed by atoms with van der Waals surface area (Å²) in [5.74, 6) is -0.266. The zero-order chi connectivity index (χ0) is 17.4. The number of hydrogen-bond acceptors (Lipinski definition) is 5. The second-order valence-electron chi connectivity index (χ2n) is 6.27. The molecular weight excluding hydrogens is 326 g/mol. The second kappa shape index (κ2) is 9.76. The summed E-state index contributed by atoms with van der Waals surface area (Å²) < 4.78 is 5.32. The minimum absolute atomic E-state index is 0.0353. The van der Waals surface area contributed by atoms with Gasteiger partial charge in [-0.3, -0.25) is 14.5 Å². The molecule has 0 spiro atoms. The fourth-order valence-corrected chi connectivity index (χ4v) is 3.23. The molecule has 2 amide bonds. The normalized spacial score (nSPS) is 16.8. The van der Waals surface area contributed by atoms with Crippen LogP contribution in [0.25, 0.3) is 0 Å². The van der Waals surface area contributed by atoms with E-state index in [4.69, 9.17) is 4.74 Å². The van der Waals surface area contributed by atoms with Gasteiger partial charge in [-0.15, -0.1) is 11.3 Å². The highest BCUT2D eigenvalue weighted by molar-refractivity contribution is 7.12. The summed E-state index contributed by atoms with van der Waals surface area (Å²) in [6.07, 6.45) is 0.898. The summed E-state index contributed by atoms with van der Waals surface area (Å²) in [6, 6.07) is 3.08. The van der Waals surface area contributed by atoms with Crippen molar-refractivity contribution in [3.8, 4) is 0 Å². The Kier molecular flexibility index (Phi) is 7.68. The van der Waals surface area contributed by atoms with Gasteiger partial charge in [0.2, 0.25) is 5.91 Å². The van der Waals surface area contributed by atoms with E-state index < -0.39 is 6.04 Å². The SMILES string of the molecule is CC(C)C(NC(=O)c1cccs1)C(=O)NCCCN1CCOCC1. The van der Waals surface area contributed by atoms with Crippen LogP contribution in [0.4, 0.5) is 0 Å². The molecule has 1 atom stereocenters. The number of carbonyl (C=O) groups excluding carboxylic acids is 2. The molecule has 1 fully saturated rings. The summed E-state index contributed by atoms with van der Waals surface area (Å²) in [5.41, 5.74) is 0. The molecule has 0 aromatic carbocycles. The molecule has 1 aromatic rings. The van der Waals surface area contributed by atoms with E-state index in [1.165, 1.54) is 11.3 Å². The van der Waals surface area contributed by atoms with Crippen LogP contribution in [0.5, 0.6) is 0 Å². The highest BCUT2D eigenvalue weighted by atomic mass is 32.1. The maximum Gasteiger partial charge on any atom is 0.262 e. The number of thiophene rings is 1. The fraction of sp³-hybridized carbons (Fsp3) is 0.647. The first kappa shape index (κ1) is 18.9. The largest absolute Gasteiger partial charge is 0.379 e. The van der Waals surface area contributed by atoms with E-state index in [0.29, 0.717) is 11.4 Å². The average molecular weight is 353 g/mol. The topological polar surface area (TPSA) is 70.7 Å². The first-order chi connectivity index (χ1) is 11.6. The van der Waals surface area contributed by atoms with Crippen LogP contribution in [-0.2, 0) is 9.53 Å². The Morgan fingerprint density at radius 3 is 2.71 bits per heavy atom. The summed E-state index contributed by atoms with van der Waals surface area (Å²) in [5, 5.41) is 7.64. The third kappa shape index (κ3) is 5.89. The van der Waals surface area contributed by atoms with Gasteiger partial charge in [-0.1, -0.05) is 19.9 Å². The van der Waals surface area contributed by atoms with E-state index in [1.807, 2.05) is 25.3 Å². The zero-order valence-corrected chi connectivity index (χ0v) is 15.2. The Morgan fingerprint density at radius 1 is 1.33 bits per heavy atom. The van der Waals surface area contributed by atoms with Gasteiger partial charge in [0.15, 0.2) is 0 Å². The molecule has 6 nitrogen and oxygen atoms in total. The molecule has 134 valence electrons. The van der Waals surface area contributed by atoms with Crippen molar-refractivity contribution in [2.75, 3.05) is 39.4 Å². The predicted octanol–water partition coefficient (Wildman–Crippen LogP) is 1.34. The molecule has 2 rings (SSSR count). The number of ether oxygens (including phenoxy) is 1. The molecule has 0 bridgehead atoms. The van der Waals surface area contributed by atoms with Crippen LogP contribution in [0, 0.1) is 5.92 Å². The summed E-state index contributed by atoms with van der Waals surface area (Å²) >= 11 is 1.37. The first-order valence-electron chi connectivity index (χ1n) is 8.50. The van der Waals surface area contributed by atoms with Crippen molar-refractivity contribution >= 4 is 23.2 Å². The maximum absolute atomic E-state index is 12.4. The monoisotopic (exact) mass is 353 g/mol. The number of morpholine rings is 1.